The van der Waals surface area contributed by atoms with Gasteiger partial charge in [0.25, 0.3) is 0 Å². The van der Waals surface area contributed by atoms with Gasteiger partial charge in [0.2, 0.25) is 0 Å². The average Bonchev–Trinajstić information content (AvgIpc) is 2.28. The zero-order chi connectivity index (χ0) is 12.4. The van der Waals surface area contributed by atoms with Gasteiger partial charge in [-0.2, -0.15) is 0 Å². The van der Waals surface area contributed by atoms with Crippen LogP contribution in [0.4, 0.5) is 0 Å². The van der Waals surface area contributed by atoms with Gasteiger partial charge in [-0.05, 0) is 26.3 Å². The fourth-order valence-corrected chi connectivity index (χ4v) is 1.35. The highest BCUT2D eigenvalue weighted by Crippen LogP contribution is 2.00. The van der Waals surface area contributed by atoms with Crippen LogP contribution in [0.1, 0.15) is 19.3 Å². The Bertz CT molecular complexity index is 231. The second kappa shape index (κ2) is 8.96. The summed E-state index contributed by atoms with van der Waals surface area (Å²) in [5.41, 5.74) is 0. The summed E-state index contributed by atoms with van der Waals surface area (Å²) in [5.74, 6) is -0.0371. The largest absolute Gasteiger partial charge is 0.480 e. The van der Waals surface area contributed by atoms with Crippen molar-refractivity contribution in [2.24, 2.45) is 4.99 Å². The van der Waals surface area contributed by atoms with Crippen LogP contribution in [-0.4, -0.2) is 50.8 Å². The molecular formula is C10H22N4O2. The Balaban J connectivity index is 3.56. The monoisotopic (exact) mass is 230 g/mol. The summed E-state index contributed by atoms with van der Waals surface area (Å²) in [5, 5.41) is 17.6. The highest BCUT2D eigenvalue weighted by atomic mass is 16.4. The molecule has 0 aromatic heterocycles. The molecule has 0 aliphatic carbocycles. The van der Waals surface area contributed by atoms with Gasteiger partial charge in [0, 0.05) is 20.6 Å². The van der Waals surface area contributed by atoms with Crippen molar-refractivity contribution in [2.45, 2.75) is 25.3 Å². The molecule has 16 heavy (non-hydrogen) atoms. The van der Waals surface area contributed by atoms with Crippen molar-refractivity contribution < 1.29 is 9.90 Å². The van der Waals surface area contributed by atoms with Crippen LogP contribution < -0.4 is 16.0 Å². The molecule has 0 fully saturated rings. The zero-order valence-corrected chi connectivity index (χ0v) is 10.2. The van der Waals surface area contributed by atoms with E-state index in [9.17, 15) is 4.79 Å². The van der Waals surface area contributed by atoms with Crippen LogP contribution in [0.15, 0.2) is 4.99 Å². The molecule has 0 aliphatic rings. The normalized spacial score (nSPS) is 13.3. The summed E-state index contributed by atoms with van der Waals surface area (Å²) in [6.45, 7) is 0.795. The predicted octanol–water partition coefficient (Wildman–Crippen LogP) is -0.376. The molecule has 0 radical (unpaired) electrons. The van der Waals surface area contributed by atoms with Crippen LogP contribution >= 0.6 is 0 Å². The Morgan fingerprint density at radius 1 is 1.38 bits per heavy atom. The highest BCUT2D eigenvalue weighted by molar-refractivity contribution is 5.79. The molecular weight excluding hydrogens is 208 g/mol. The van der Waals surface area contributed by atoms with E-state index in [2.05, 4.69) is 20.9 Å². The molecule has 1 atom stereocenters. The molecule has 0 heterocycles. The van der Waals surface area contributed by atoms with E-state index in [-0.39, 0.29) is 0 Å². The summed E-state index contributed by atoms with van der Waals surface area (Å²) in [4.78, 5) is 14.7. The minimum atomic E-state index is -0.790. The molecule has 0 spiro atoms. The minimum Gasteiger partial charge on any atom is -0.480 e. The van der Waals surface area contributed by atoms with E-state index in [0.29, 0.717) is 6.42 Å². The maximum Gasteiger partial charge on any atom is 0.320 e. The van der Waals surface area contributed by atoms with Gasteiger partial charge in [0.05, 0.1) is 0 Å². The van der Waals surface area contributed by atoms with Crippen molar-refractivity contribution in [1.29, 1.82) is 0 Å². The van der Waals surface area contributed by atoms with Crippen LogP contribution in [0.25, 0.3) is 0 Å². The Labute approximate surface area is 96.5 Å². The number of carboxylic acid groups (broad SMARTS) is 1. The summed E-state index contributed by atoms with van der Waals surface area (Å²) < 4.78 is 0. The number of rotatable bonds is 7. The lowest BCUT2D eigenvalue weighted by molar-refractivity contribution is -0.139. The van der Waals surface area contributed by atoms with E-state index in [0.717, 1.165) is 25.3 Å². The molecule has 0 aromatic rings. The fraction of sp³-hybridized carbons (Fsp3) is 0.800. The van der Waals surface area contributed by atoms with E-state index in [4.69, 9.17) is 5.11 Å². The van der Waals surface area contributed by atoms with Crippen LogP contribution in [0.5, 0.6) is 0 Å². The molecule has 6 nitrogen and oxygen atoms in total. The number of aliphatic carboxylic acids is 1. The first-order valence-corrected chi connectivity index (χ1v) is 5.44. The maximum absolute atomic E-state index is 10.7. The lowest BCUT2D eigenvalue weighted by atomic mass is 10.1. The van der Waals surface area contributed by atoms with Gasteiger partial charge in [0.15, 0.2) is 5.96 Å². The van der Waals surface area contributed by atoms with Crippen LogP contribution in [0, 0.1) is 0 Å². The van der Waals surface area contributed by atoms with E-state index in [1.807, 2.05) is 0 Å². The molecule has 0 saturated carbocycles. The number of likely N-dealkylation sites (N-methyl/N-ethyl adjacent to an activating group) is 1. The first-order valence-electron chi connectivity index (χ1n) is 5.44. The average molecular weight is 230 g/mol. The first-order chi connectivity index (χ1) is 7.65. The van der Waals surface area contributed by atoms with Crippen molar-refractivity contribution >= 4 is 11.9 Å². The quantitative estimate of drug-likeness (QED) is 0.272. The Hall–Kier alpha value is -1.30. The Morgan fingerprint density at radius 2 is 2.06 bits per heavy atom. The van der Waals surface area contributed by atoms with Crippen molar-refractivity contribution in [3.8, 4) is 0 Å². The lowest BCUT2D eigenvalue weighted by Gasteiger charge is -2.11. The number of carbonyl (C=O) groups is 1. The third-order valence-corrected chi connectivity index (χ3v) is 2.32. The molecule has 0 amide bonds. The zero-order valence-electron chi connectivity index (χ0n) is 10.2. The van der Waals surface area contributed by atoms with Gasteiger partial charge in [-0.1, -0.05) is 0 Å². The van der Waals surface area contributed by atoms with E-state index < -0.39 is 12.0 Å². The number of hydrogen-bond donors (Lipinski definition) is 4. The topological polar surface area (TPSA) is 85.8 Å². The fourth-order valence-electron chi connectivity index (χ4n) is 1.35. The van der Waals surface area contributed by atoms with Gasteiger partial charge >= 0.3 is 5.97 Å². The van der Waals surface area contributed by atoms with Crippen molar-refractivity contribution in [3.63, 3.8) is 0 Å². The Morgan fingerprint density at radius 3 is 2.50 bits per heavy atom. The van der Waals surface area contributed by atoms with Gasteiger partial charge in [-0.25, -0.2) is 0 Å². The van der Waals surface area contributed by atoms with Crippen molar-refractivity contribution in [3.05, 3.63) is 0 Å². The molecule has 0 bridgehead atoms. The molecule has 0 rings (SSSR count). The molecule has 94 valence electrons. The molecule has 4 N–H and O–H groups in total. The minimum absolute atomic E-state index is 0.441. The number of nitrogens with zero attached hydrogens (tertiary/aromatic N) is 1. The van der Waals surface area contributed by atoms with Crippen LogP contribution in [0.3, 0.4) is 0 Å². The van der Waals surface area contributed by atoms with Crippen LogP contribution in [-0.2, 0) is 4.79 Å². The second-order valence-electron chi connectivity index (χ2n) is 3.42. The summed E-state index contributed by atoms with van der Waals surface area (Å²) in [6, 6.07) is -0.441. The summed E-state index contributed by atoms with van der Waals surface area (Å²) >= 11 is 0. The number of carboxylic acids is 1. The molecule has 0 aromatic carbocycles. The summed E-state index contributed by atoms with van der Waals surface area (Å²) in [7, 11) is 5.18. The number of unbranched alkanes of at least 4 members (excludes halogenated alkanes) is 1. The maximum atomic E-state index is 10.7. The number of aliphatic imine (C=N–C) groups is 1. The van der Waals surface area contributed by atoms with E-state index >= 15 is 0 Å². The number of hydrogen-bond acceptors (Lipinski definition) is 3. The van der Waals surface area contributed by atoms with Gasteiger partial charge < -0.3 is 21.1 Å². The van der Waals surface area contributed by atoms with Crippen molar-refractivity contribution in [1.82, 2.24) is 16.0 Å². The second-order valence-corrected chi connectivity index (χ2v) is 3.42. The smallest absolute Gasteiger partial charge is 0.320 e. The number of guanidine groups is 1. The van der Waals surface area contributed by atoms with Gasteiger partial charge in [-0.3, -0.25) is 9.79 Å². The third kappa shape index (κ3) is 6.23. The predicted molar refractivity (Wildman–Crippen MR) is 64.8 cm³/mol. The molecule has 6 heteroatoms. The van der Waals surface area contributed by atoms with E-state index in [1.165, 1.54) is 0 Å². The SMILES string of the molecule is CN=C(NC)NCCCC[C@H](NC)C(=O)O. The molecule has 0 aliphatic heterocycles. The molecule has 0 unspecified atom stereocenters. The number of nitrogens with one attached hydrogen (secondary N) is 3. The van der Waals surface area contributed by atoms with E-state index in [1.54, 1.807) is 21.1 Å². The van der Waals surface area contributed by atoms with Gasteiger partial charge in [0.1, 0.15) is 6.04 Å². The molecule has 0 saturated heterocycles. The highest BCUT2D eigenvalue weighted by Gasteiger charge is 2.13. The third-order valence-electron chi connectivity index (χ3n) is 2.32. The first kappa shape index (κ1) is 14.7. The van der Waals surface area contributed by atoms with Crippen molar-refractivity contribution in [2.75, 3.05) is 27.7 Å². The van der Waals surface area contributed by atoms with Crippen LogP contribution in [0.2, 0.25) is 0 Å². The standard InChI is InChI=1S/C10H22N4O2/c1-11-8(9(15)16)6-4-5-7-14-10(12-2)13-3/h8,11H,4-7H2,1-3H3,(H,15,16)(H2,12,13,14)/t8-/m0/s1. The summed E-state index contributed by atoms with van der Waals surface area (Å²) in [6.07, 6.45) is 2.43. The Kier molecular flexibility index (Phi) is 8.24. The lowest BCUT2D eigenvalue weighted by Crippen LogP contribution is -2.36. The van der Waals surface area contributed by atoms with Gasteiger partial charge in [-0.15, -0.1) is 0 Å².